The Morgan fingerprint density at radius 2 is 2.31 bits per heavy atom. The van der Waals surface area contributed by atoms with Crippen LogP contribution in [0.25, 0.3) is 5.65 Å². The molecule has 0 aromatic carbocycles. The van der Waals surface area contributed by atoms with E-state index in [0.717, 1.165) is 5.69 Å². The van der Waals surface area contributed by atoms with E-state index in [-0.39, 0.29) is 18.4 Å². The van der Waals surface area contributed by atoms with E-state index in [4.69, 9.17) is 5.73 Å². The van der Waals surface area contributed by atoms with Crippen molar-refractivity contribution in [3.05, 3.63) is 24.4 Å². The molecule has 7 heteroatoms. The van der Waals surface area contributed by atoms with Crippen LogP contribution in [0.2, 0.25) is 0 Å². The second kappa shape index (κ2) is 4.80. The first-order chi connectivity index (χ1) is 7.20. The summed E-state index contributed by atoms with van der Waals surface area (Å²) in [4.78, 5) is 8.13. The van der Waals surface area contributed by atoms with Gasteiger partial charge in [-0.15, -0.1) is 19.0 Å². The zero-order valence-corrected chi connectivity index (χ0v) is 9.66. The van der Waals surface area contributed by atoms with Gasteiger partial charge in [0.25, 0.3) is 0 Å². The molecular formula is C9H13ClN6. The Hall–Kier alpha value is -1.82. The van der Waals surface area contributed by atoms with Gasteiger partial charge in [0, 0.05) is 12.6 Å². The molecule has 2 heterocycles. The molecule has 0 amide bonds. The Balaban J connectivity index is 0.00000128. The van der Waals surface area contributed by atoms with E-state index < -0.39 is 0 Å². The summed E-state index contributed by atoms with van der Waals surface area (Å²) in [6, 6.07) is 1.84. The SMILES string of the molecule is C=CCNc1nc(N)nc2cc(C)nn12.Cl. The lowest BCUT2D eigenvalue weighted by atomic mass is 10.5. The fraction of sp³-hybridized carbons (Fsp3) is 0.222. The Labute approximate surface area is 99.0 Å². The number of rotatable bonds is 3. The van der Waals surface area contributed by atoms with Crippen molar-refractivity contribution in [1.82, 2.24) is 19.6 Å². The highest BCUT2D eigenvalue weighted by molar-refractivity contribution is 5.85. The van der Waals surface area contributed by atoms with Crippen molar-refractivity contribution in [2.45, 2.75) is 6.92 Å². The molecule has 0 aliphatic heterocycles. The fourth-order valence-corrected chi connectivity index (χ4v) is 1.30. The van der Waals surface area contributed by atoms with Gasteiger partial charge in [0.2, 0.25) is 11.9 Å². The van der Waals surface area contributed by atoms with Crippen molar-refractivity contribution < 1.29 is 0 Å². The molecule has 6 nitrogen and oxygen atoms in total. The van der Waals surface area contributed by atoms with Gasteiger partial charge in [-0.2, -0.15) is 19.6 Å². The molecule has 0 unspecified atom stereocenters. The van der Waals surface area contributed by atoms with Crippen molar-refractivity contribution in [3.8, 4) is 0 Å². The number of nitrogens with one attached hydrogen (secondary N) is 1. The highest BCUT2D eigenvalue weighted by atomic mass is 35.5. The predicted molar refractivity (Wildman–Crippen MR) is 65.9 cm³/mol. The van der Waals surface area contributed by atoms with Crippen LogP contribution in [0.5, 0.6) is 0 Å². The van der Waals surface area contributed by atoms with Gasteiger partial charge in [-0.05, 0) is 6.92 Å². The van der Waals surface area contributed by atoms with E-state index in [1.807, 2.05) is 13.0 Å². The van der Waals surface area contributed by atoms with Gasteiger partial charge in [-0.3, -0.25) is 0 Å². The molecule has 0 aliphatic carbocycles. The van der Waals surface area contributed by atoms with Gasteiger partial charge in [0.1, 0.15) is 0 Å². The largest absolute Gasteiger partial charge is 0.368 e. The van der Waals surface area contributed by atoms with Gasteiger partial charge < -0.3 is 11.1 Å². The molecule has 2 aromatic heterocycles. The number of hydrogen-bond donors (Lipinski definition) is 2. The van der Waals surface area contributed by atoms with Crippen LogP contribution in [-0.2, 0) is 0 Å². The van der Waals surface area contributed by atoms with Crippen molar-refractivity contribution >= 4 is 30.0 Å². The van der Waals surface area contributed by atoms with Crippen LogP contribution in [0.3, 0.4) is 0 Å². The molecule has 0 saturated carbocycles. The monoisotopic (exact) mass is 240 g/mol. The summed E-state index contributed by atoms with van der Waals surface area (Å²) in [7, 11) is 0. The number of halogens is 1. The molecule has 16 heavy (non-hydrogen) atoms. The summed E-state index contributed by atoms with van der Waals surface area (Å²) in [5, 5.41) is 7.29. The van der Waals surface area contributed by atoms with Crippen molar-refractivity contribution in [3.63, 3.8) is 0 Å². The molecule has 86 valence electrons. The highest BCUT2D eigenvalue weighted by Crippen LogP contribution is 2.10. The van der Waals surface area contributed by atoms with Crippen LogP contribution < -0.4 is 11.1 Å². The van der Waals surface area contributed by atoms with E-state index in [2.05, 4.69) is 27.0 Å². The molecule has 3 N–H and O–H groups in total. The minimum atomic E-state index is 0. The molecule has 2 rings (SSSR count). The Morgan fingerprint density at radius 1 is 1.56 bits per heavy atom. The zero-order chi connectivity index (χ0) is 10.8. The fourth-order valence-electron chi connectivity index (χ4n) is 1.30. The van der Waals surface area contributed by atoms with Crippen LogP contribution in [0.4, 0.5) is 11.9 Å². The van der Waals surface area contributed by atoms with E-state index in [9.17, 15) is 0 Å². The maximum atomic E-state index is 5.58. The second-order valence-electron chi connectivity index (χ2n) is 3.13. The van der Waals surface area contributed by atoms with E-state index in [0.29, 0.717) is 18.1 Å². The number of fused-ring (bicyclic) bond motifs is 1. The molecule has 0 spiro atoms. The third-order valence-electron chi connectivity index (χ3n) is 1.87. The minimum Gasteiger partial charge on any atom is -0.368 e. The summed E-state index contributed by atoms with van der Waals surface area (Å²) in [6.45, 7) is 6.11. The average molecular weight is 241 g/mol. The normalized spacial score (nSPS) is 9.81. The van der Waals surface area contributed by atoms with Crippen molar-refractivity contribution in [2.75, 3.05) is 17.6 Å². The molecular weight excluding hydrogens is 228 g/mol. The smallest absolute Gasteiger partial charge is 0.229 e. The van der Waals surface area contributed by atoms with Crippen LogP contribution in [-0.4, -0.2) is 26.1 Å². The molecule has 0 saturated heterocycles. The molecule has 0 aliphatic rings. The summed E-state index contributed by atoms with van der Waals surface area (Å²) in [5.41, 5.74) is 7.13. The van der Waals surface area contributed by atoms with E-state index in [1.54, 1.807) is 10.6 Å². The number of nitrogen functional groups attached to an aromatic ring is 1. The summed E-state index contributed by atoms with van der Waals surface area (Å²) >= 11 is 0. The van der Waals surface area contributed by atoms with Crippen molar-refractivity contribution in [2.24, 2.45) is 0 Å². The van der Waals surface area contributed by atoms with Gasteiger partial charge in [0.05, 0.1) is 5.69 Å². The van der Waals surface area contributed by atoms with E-state index >= 15 is 0 Å². The summed E-state index contributed by atoms with van der Waals surface area (Å²) in [6.07, 6.45) is 1.74. The molecule has 0 atom stereocenters. The number of nitrogens with two attached hydrogens (primary N) is 1. The first kappa shape index (κ1) is 12.3. The Bertz CT molecular complexity index is 506. The molecule has 0 radical (unpaired) electrons. The van der Waals surface area contributed by atoms with E-state index in [1.165, 1.54) is 0 Å². The first-order valence-corrected chi connectivity index (χ1v) is 4.55. The maximum Gasteiger partial charge on any atom is 0.229 e. The third kappa shape index (κ3) is 2.22. The number of aryl methyl sites for hydroxylation is 1. The summed E-state index contributed by atoms with van der Waals surface area (Å²) < 4.78 is 1.62. The second-order valence-corrected chi connectivity index (χ2v) is 3.13. The van der Waals surface area contributed by atoms with Crippen molar-refractivity contribution in [1.29, 1.82) is 0 Å². The number of anilines is 2. The minimum absolute atomic E-state index is 0. The quantitative estimate of drug-likeness (QED) is 0.784. The lowest BCUT2D eigenvalue weighted by Gasteiger charge is -2.04. The predicted octanol–water partition coefficient (Wildman–Crippen LogP) is 1.03. The number of nitrogens with zero attached hydrogens (tertiary/aromatic N) is 4. The lowest BCUT2D eigenvalue weighted by molar-refractivity contribution is 0.883. The van der Waals surface area contributed by atoms with Crippen LogP contribution in [0, 0.1) is 6.92 Å². The lowest BCUT2D eigenvalue weighted by Crippen LogP contribution is -2.10. The third-order valence-corrected chi connectivity index (χ3v) is 1.87. The highest BCUT2D eigenvalue weighted by Gasteiger charge is 2.06. The van der Waals surface area contributed by atoms with Gasteiger partial charge >= 0.3 is 0 Å². The molecule has 0 bridgehead atoms. The topological polar surface area (TPSA) is 81.1 Å². The van der Waals surface area contributed by atoms with Gasteiger partial charge in [-0.1, -0.05) is 6.08 Å². The zero-order valence-electron chi connectivity index (χ0n) is 8.84. The van der Waals surface area contributed by atoms with Crippen LogP contribution in [0.15, 0.2) is 18.7 Å². The molecule has 0 fully saturated rings. The maximum absolute atomic E-state index is 5.58. The Morgan fingerprint density at radius 3 is 3.00 bits per heavy atom. The number of hydrogen-bond acceptors (Lipinski definition) is 5. The standard InChI is InChI=1S/C9H12N6.ClH/c1-3-4-11-9-13-8(10)12-7-5-6(2)14-15(7)9;/h3,5H,1,4H2,2H3,(H3,10,11,12,13);1H. The summed E-state index contributed by atoms with van der Waals surface area (Å²) in [5.74, 6) is 0.805. The van der Waals surface area contributed by atoms with Crippen LogP contribution in [0.1, 0.15) is 5.69 Å². The Kier molecular flexibility index (Phi) is 3.68. The van der Waals surface area contributed by atoms with Gasteiger partial charge in [0.15, 0.2) is 5.65 Å². The van der Waals surface area contributed by atoms with Crippen LogP contribution >= 0.6 is 12.4 Å². The average Bonchev–Trinajstić information content (AvgIpc) is 2.54. The number of aromatic nitrogens is 4. The molecule has 2 aromatic rings. The van der Waals surface area contributed by atoms with Gasteiger partial charge in [-0.25, -0.2) is 0 Å². The first-order valence-electron chi connectivity index (χ1n) is 4.55.